The molecule has 2 heterocycles. The lowest BCUT2D eigenvalue weighted by atomic mass is 9.91. The van der Waals surface area contributed by atoms with Crippen molar-refractivity contribution in [3.05, 3.63) is 70.9 Å². The molecule has 0 saturated heterocycles. The number of ether oxygens (including phenoxy) is 1. The zero-order chi connectivity index (χ0) is 26.5. The first-order chi connectivity index (χ1) is 17.6. The van der Waals surface area contributed by atoms with Crippen molar-refractivity contribution in [3.8, 4) is 21.7 Å². The van der Waals surface area contributed by atoms with Crippen molar-refractivity contribution in [1.29, 1.82) is 0 Å². The molecular formula is C29H28ClN3O3S. The molecule has 5 rings (SSSR count). The highest BCUT2D eigenvalue weighted by Gasteiger charge is 2.32. The molecule has 6 nitrogen and oxygen atoms in total. The van der Waals surface area contributed by atoms with Gasteiger partial charge in [-0.25, -0.2) is 9.78 Å². The number of benzene rings is 3. The van der Waals surface area contributed by atoms with Gasteiger partial charge in [-0.1, -0.05) is 23.7 Å². The minimum Gasteiger partial charge on any atom is -0.479 e. The summed E-state index contributed by atoms with van der Waals surface area (Å²) in [5.41, 5.74) is 5.35. The third-order valence-electron chi connectivity index (χ3n) is 6.21. The minimum atomic E-state index is -1.14. The Morgan fingerprint density at radius 2 is 1.84 bits per heavy atom. The molecule has 190 valence electrons. The van der Waals surface area contributed by atoms with Crippen LogP contribution in [0.15, 0.2) is 54.7 Å². The lowest BCUT2D eigenvalue weighted by Gasteiger charge is -2.28. The van der Waals surface area contributed by atoms with Gasteiger partial charge in [0, 0.05) is 33.6 Å². The van der Waals surface area contributed by atoms with Crippen LogP contribution in [0, 0.1) is 6.92 Å². The molecule has 0 bridgehead atoms. The molecule has 0 saturated carbocycles. The summed E-state index contributed by atoms with van der Waals surface area (Å²) >= 11 is 7.74. The molecule has 0 radical (unpaired) electrons. The van der Waals surface area contributed by atoms with E-state index in [1.165, 1.54) is 0 Å². The van der Waals surface area contributed by atoms with E-state index in [2.05, 4.69) is 30.2 Å². The summed E-state index contributed by atoms with van der Waals surface area (Å²) in [5, 5.41) is 17.2. The van der Waals surface area contributed by atoms with Crippen molar-refractivity contribution in [2.75, 3.05) is 0 Å². The van der Waals surface area contributed by atoms with Gasteiger partial charge < -0.3 is 9.84 Å². The summed E-state index contributed by atoms with van der Waals surface area (Å²) in [6.07, 6.45) is 0.732. The molecule has 0 aliphatic rings. The van der Waals surface area contributed by atoms with Crippen LogP contribution in [0.3, 0.4) is 0 Å². The molecule has 5 aromatic rings. The summed E-state index contributed by atoms with van der Waals surface area (Å²) in [6, 6.07) is 15.7. The molecule has 1 N–H and O–H groups in total. The number of fused-ring (bicyclic) bond motifs is 2. The molecule has 0 amide bonds. The quantitative estimate of drug-likeness (QED) is 0.240. The van der Waals surface area contributed by atoms with E-state index in [0.29, 0.717) is 10.6 Å². The highest BCUT2D eigenvalue weighted by atomic mass is 35.5. The largest absolute Gasteiger partial charge is 0.479 e. The number of nitrogens with zero attached hydrogens (tertiary/aromatic N) is 3. The van der Waals surface area contributed by atoms with E-state index in [1.807, 2.05) is 68.9 Å². The van der Waals surface area contributed by atoms with Crippen LogP contribution in [0.25, 0.3) is 42.8 Å². The molecule has 0 aliphatic carbocycles. The highest BCUT2D eigenvalue weighted by Crippen LogP contribution is 2.44. The maximum Gasteiger partial charge on any atom is 0.337 e. The zero-order valence-corrected chi connectivity index (χ0v) is 22.9. The summed E-state index contributed by atoms with van der Waals surface area (Å²) in [6.45, 7) is 10.4. The van der Waals surface area contributed by atoms with Gasteiger partial charge in [0.05, 0.1) is 27.5 Å². The second-order valence-electron chi connectivity index (χ2n) is 10.0. The van der Waals surface area contributed by atoms with E-state index < -0.39 is 17.7 Å². The number of thiazole rings is 1. The first-order valence-electron chi connectivity index (χ1n) is 12.1. The van der Waals surface area contributed by atoms with E-state index in [-0.39, 0.29) is 0 Å². The molecule has 1 atom stereocenters. The normalized spacial score (nSPS) is 12.9. The third-order valence-corrected chi connectivity index (χ3v) is 7.60. The van der Waals surface area contributed by atoms with Crippen molar-refractivity contribution in [3.63, 3.8) is 0 Å². The van der Waals surface area contributed by atoms with E-state index >= 15 is 0 Å². The zero-order valence-electron chi connectivity index (χ0n) is 21.4. The minimum absolute atomic E-state index is 0.612. The van der Waals surface area contributed by atoms with E-state index in [1.54, 1.807) is 11.3 Å². The average Bonchev–Trinajstić information content (AvgIpc) is 3.45. The fourth-order valence-electron chi connectivity index (χ4n) is 4.63. The first-order valence-corrected chi connectivity index (χ1v) is 13.3. The maximum absolute atomic E-state index is 12.5. The molecule has 8 heteroatoms. The molecule has 3 aromatic carbocycles. The molecule has 37 heavy (non-hydrogen) atoms. The number of aromatic nitrogens is 3. The molecular weight excluding hydrogens is 506 g/mol. The first kappa shape index (κ1) is 25.4. The van der Waals surface area contributed by atoms with Crippen LogP contribution in [0.2, 0.25) is 5.02 Å². The smallest absolute Gasteiger partial charge is 0.337 e. The second-order valence-corrected chi connectivity index (χ2v) is 11.5. The Kier molecular flexibility index (Phi) is 6.56. The molecule has 0 fully saturated rings. The monoisotopic (exact) mass is 533 g/mol. The standard InChI is InChI=1S/C29H28ClN3O3S/c1-6-33-22-12-9-18(14-19(22)15-31-33)27-32-21-13-16(2)23(25(28(34)35)36-29(3,4)5)24(26(21)37-27)17-7-10-20(30)11-8-17/h7-15,25H,6H2,1-5H3,(H,34,35)/t25-/m0/s1. The van der Waals surface area contributed by atoms with Crippen LogP contribution >= 0.6 is 22.9 Å². The number of carbonyl (C=O) groups is 1. The number of halogens is 1. The Bertz CT molecular complexity index is 1630. The number of aliphatic carboxylic acids is 1. The molecule has 2 aromatic heterocycles. The summed E-state index contributed by atoms with van der Waals surface area (Å²) in [5.74, 6) is -1.03. The van der Waals surface area contributed by atoms with Crippen LogP contribution in [0.5, 0.6) is 0 Å². The van der Waals surface area contributed by atoms with E-state index in [9.17, 15) is 9.90 Å². The van der Waals surface area contributed by atoms with Crippen molar-refractivity contribution in [1.82, 2.24) is 14.8 Å². The SMILES string of the molecule is CCn1ncc2cc(-c3nc4cc(C)c([C@H](OC(C)(C)C)C(=O)O)c(-c5ccc(Cl)cc5)c4s3)ccc21. The van der Waals surface area contributed by atoms with Gasteiger partial charge >= 0.3 is 5.97 Å². The predicted octanol–water partition coefficient (Wildman–Crippen LogP) is 7.90. The van der Waals surface area contributed by atoms with Crippen LogP contribution in [0.4, 0.5) is 0 Å². The predicted molar refractivity (Wildman–Crippen MR) is 150 cm³/mol. The molecule has 0 unspecified atom stereocenters. The van der Waals surface area contributed by atoms with Gasteiger partial charge in [0.25, 0.3) is 0 Å². The highest BCUT2D eigenvalue weighted by molar-refractivity contribution is 7.22. The van der Waals surface area contributed by atoms with Crippen LogP contribution in [-0.2, 0) is 16.1 Å². The summed E-state index contributed by atoms with van der Waals surface area (Å²) < 4.78 is 8.98. The number of aryl methyl sites for hydroxylation is 2. The topological polar surface area (TPSA) is 77.2 Å². The molecule has 0 aliphatic heterocycles. The van der Waals surface area contributed by atoms with Crippen molar-refractivity contribution >= 4 is 50.0 Å². The summed E-state index contributed by atoms with van der Waals surface area (Å²) in [4.78, 5) is 17.5. The van der Waals surface area contributed by atoms with Crippen molar-refractivity contribution in [2.24, 2.45) is 0 Å². The van der Waals surface area contributed by atoms with Crippen molar-refractivity contribution in [2.45, 2.75) is 52.9 Å². The maximum atomic E-state index is 12.5. The Morgan fingerprint density at radius 1 is 1.14 bits per heavy atom. The lowest BCUT2D eigenvalue weighted by molar-refractivity contribution is -0.160. The van der Waals surface area contributed by atoms with E-state index in [4.69, 9.17) is 21.3 Å². The number of hydrogen-bond acceptors (Lipinski definition) is 5. The van der Waals surface area contributed by atoms with Gasteiger partial charge in [0.15, 0.2) is 6.10 Å². The fraction of sp³-hybridized carbons (Fsp3) is 0.276. The van der Waals surface area contributed by atoms with Gasteiger partial charge in [-0.2, -0.15) is 5.10 Å². The van der Waals surface area contributed by atoms with E-state index in [0.717, 1.165) is 54.9 Å². The van der Waals surface area contributed by atoms with Gasteiger partial charge in [-0.15, -0.1) is 11.3 Å². The Hall–Kier alpha value is -3.26. The lowest BCUT2D eigenvalue weighted by Crippen LogP contribution is -2.28. The van der Waals surface area contributed by atoms with Gasteiger partial charge in [-0.3, -0.25) is 4.68 Å². The Labute approximate surface area is 224 Å². The third kappa shape index (κ3) is 4.87. The van der Waals surface area contributed by atoms with Gasteiger partial charge in [-0.05, 0) is 82.1 Å². The van der Waals surface area contributed by atoms with Crippen LogP contribution < -0.4 is 0 Å². The van der Waals surface area contributed by atoms with Crippen molar-refractivity contribution < 1.29 is 14.6 Å². The fourth-order valence-corrected chi connectivity index (χ4v) is 5.88. The molecule has 0 spiro atoms. The second kappa shape index (κ2) is 9.56. The number of carboxylic acid groups (broad SMARTS) is 1. The number of hydrogen-bond donors (Lipinski definition) is 1. The van der Waals surface area contributed by atoms with Gasteiger partial charge in [0.1, 0.15) is 5.01 Å². The number of carboxylic acids is 1. The summed E-state index contributed by atoms with van der Waals surface area (Å²) in [7, 11) is 0. The Morgan fingerprint density at radius 3 is 2.49 bits per heavy atom. The van der Waals surface area contributed by atoms with Crippen LogP contribution in [0.1, 0.15) is 44.9 Å². The number of rotatable bonds is 6. The van der Waals surface area contributed by atoms with Crippen LogP contribution in [-0.4, -0.2) is 31.4 Å². The average molecular weight is 534 g/mol. The Balaban J connectivity index is 1.76. The van der Waals surface area contributed by atoms with Gasteiger partial charge in [0.2, 0.25) is 0 Å².